The molecule has 0 rings (SSSR count). The fourth-order valence-electron chi connectivity index (χ4n) is 3.55. The molecule has 0 fully saturated rings. The summed E-state index contributed by atoms with van der Waals surface area (Å²) in [5.41, 5.74) is 0. The molecule has 2 amide bonds. The molecule has 0 unspecified atom stereocenters. The third kappa shape index (κ3) is 23.2. The molecular formula is C25H51N3O2. The van der Waals surface area contributed by atoms with Crippen LogP contribution in [-0.4, -0.2) is 50.4 Å². The zero-order chi connectivity index (χ0) is 22.3. The molecule has 0 aliphatic heterocycles. The number of hydrogen-bond donors (Lipinski definition) is 2. The first-order valence-electron chi connectivity index (χ1n) is 12.7. The van der Waals surface area contributed by atoms with Crippen molar-refractivity contribution in [2.24, 2.45) is 0 Å². The summed E-state index contributed by atoms with van der Waals surface area (Å²) in [7, 11) is 3.96. The highest BCUT2D eigenvalue weighted by atomic mass is 16.2. The van der Waals surface area contributed by atoms with Crippen LogP contribution in [0.25, 0.3) is 0 Å². The van der Waals surface area contributed by atoms with Crippen LogP contribution in [0.2, 0.25) is 0 Å². The first-order chi connectivity index (χ1) is 14.6. The van der Waals surface area contributed by atoms with E-state index < -0.39 is 0 Å². The number of hydrogen-bond acceptors (Lipinski definition) is 3. The number of nitrogens with one attached hydrogen (secondary N) is 2. The van der Waals surface area contributed by atoms with Gasteiger partial charge in [-0.05, 0) is 26.9 Å². The summed E-state index contributed by atoms with van der Waals surface area (Å²) in [4.78, 5) is 25.5. The average molecular weight is 426 g/mol. The van der Waals surface area contributed by atoms with Gasteiger partial charge in [-0.2, -0.15) is 0 Å². The molecule has 0 radical (unpaired) electrons. The van der Waals surface area contributed by atoms with E-state index >= 15 is 0 Å². The minimum Gasteiger partial charge on any atom is -0.356 e. The van der Waals surface area contributed by atoms with Gasteiger partial charge in [0.2, 0.25) is 11.8 Å². The minimum absolute atomic E-state index is 0.0385. The molecule has 0 aliphatic rings. The van der Waals surface area contributed by atoms with Crippen LogP contribution in [0.5, 0.6) is 0 Å². The fourth-order valence-corrected chi connectivity index (χ4v) is 3.55. The molecule has 0 aromatic rings. The highest BCUT2D eigenvalue weighted by Gasteiger charge is 2.05. The molecule has 0 aromatic heterocycles. The first kappa shape index (κ1) is 28.9. The Hall–Kier alpha value is -1.10. The maximum atomic E-state index is 11.8. The maximum Gasteiger partial charge on any atom is 0.220 e. The lowest BCUT2D eigenvalue weighted by Crippen LogP contribution is -2.31. The molecule has 0 spiro atoms. The number of carbonyl (C=O) groups is 2. The summed E-state index contributed by atoms with van der Waals surface area (Å²) in [6.45, 7) is 4.55. The molecule has 0 heterocycles. The molecule has 2 N–H and O–H groups in total. The van der Waals surface area contributed by atoms with Crippen molar-refractivity contribution in [2.45, 2.75) is 116 Å². The number of likely N-dealkylation sites (N-methyl/N-ethyl adjacent to an activating group) is 1. The van der Waals surface area contributed by atoms with Crippen LogP contribution in [-0.2, 0) is 9.59 Å². The first-order valence-corrected chi connectivity index (χ1v) is 12.7. The lowest BCUT2D eigenvalue weighted by molar-refractivity contribution is -0.122. The summed E-state index contributed by atoms with van der Waals surface area (Å²) in [5.74, 6) is 0.113. The molecule has 5 heteroatoms. The Bertz CT molecular complexity index is 400. The summed E-state index contributed by atoms with van der Waals surface area (Å²) in [6, 6.07) is 0. The second-order valence-electron chi connectivity index (χ2n) is 8.95. The van der Waals surface area contributed by atoms with E-state index in [9.17, 15) is 9.59 Å². The molecule has 0 bridgehead atoms. The van der Waals surface area contributed by atoms with Crippen molar-refractivity contribution in [1.29, 1.82) is 0 Å². The monoisotopic (exact) mass is 425 g/mol. The molecule has 0 atom stereocenters. The van der Waals surface area contributed by atoms with Gasteiger partial charge in [0.25, 0.3) is 0 Å². The highest BCUT2D eigenvalue weighted by Crippen LogP contribution is 2.12. The van der Waals surface area contributed by atoms with E-state index in [1.807, 2.05) is 19.0 Å². The Balaban J connectivity index is 3.25. The molecule has 5 nitrogen and oxygen atoms in total. The van der Waals surface area contributed by atoms with E-state index in [4.69, 9.17) is 0 Å². The highest BCUT2D eigenvalue weighted by molar-refractivity contribution is 5.78. The topological polar surface area (TPSA) is 61.4 Å². The number of nitrogens with zero attached hydrogens (tertiary/aromatic N) is 1. The molecule has 0 aromatic carbocycles. The van der Waals surface area contributed by atoms with Crippen LogP contribution < -0.4 is 10.6 Å². The van der Waals surface area contributed by atoms with Gasteiger partial charge in [0, 0.05) is 32.5 Å². The van der Waals surface area contributed by atoms with Crippen LogP contribution in [0.15, 0.2) is 0 Å². The van der Waals surface area contributed by atoms with Crippen LogP contribution in [0.1, 0.15) is 116 Å². The van der Waals surface area contributed by atoms with Gasteiger partial charge in [-0.25, -0.2) is 0 Å². The predicted octanol–water partition coefficient (Wildman–Crippen LogP) is 5.43. The third-order valence-corrected chi connectivity index (χ3v) is 5.54. The van der Waals surface area contributed by atoms with Crippen molar-refractivity contribution >= 4 is 11.8 Å². The van der Waals surface area contributed by atoms with Crippen molar-refractivity contribution in [3.05, 3.63) is 0 Å². The van der Waals surface area contributed by atoms with E-state index in [-0.39, 0.29) is 11.8 Å². The lowest BCUT2D eigenvalue weighted by Gasteiger charge is -2.10. The van der Waals surface area contributed by atoms with Crippen LogP contribution in [0.3, 0.4) is 0 Å². The van der Waals surface area contributed by atoms with E-state index in [2.05, 4.69) is 17.6 Å². The van der Waals surface area contributed by atoms with Gasteiger partial charge >= 0.3 is 0 Å². The van der Waals surface area contributed by atoms with Gasteiger partial charge in [-0.15, -0.1) is 0 Å². The van der Waals surface area contributed by atoms with Gasteiger partial charge in [0.05, 0.1) is 0 Å². The average Bonchev–Trinajstić information content (AvgIpc) is 2.70. The van der Waals surface area contributed by atoms with Crippen molar-refractivity contribution < 1.29 is 9.59 Å². The van der Waals surface area contributed by atoms with E-state index in [1.54, 1.807) is 0 Å². The Labute approximate surface area is 187 Å². The number of unbranched alkanes of at least 4 members (excludes halogenated alkanes) is 13. The SMILES string of the molecule is CCCCCCCCCCCCCCCCNC(=O)CCCC(=O)NCCN(C)C. The van der Waals surface area contributed by atoms with Gasteiger partial charge < -0.3 is 15.5 Å². The van der Waals surface area contributed by atoms with Crippen molar-refractivity contribution in [3.63, 3.8) is 0 Å². The second kappa shape index (κ2) is 22.6. The normalized spacial score (nSPS) is 11.1. The second-order valence-corrected chi connectivity index (χ2v) is 8.95. The summed E-state index contributed by atoms with van der Waals surface area (Å²) in [6.07, 6.45) is 20.4. The molecule has 0 saturated carbocycles. The zero-order valence-electron chi connectivity index (χ0n) is 20.4. The van der Waals surface area contributed by atoms with Crippen LogP contribution in [0, 0.1) is 0 Å². The Kier molecular flexibility index (Phi) is 21.8. The standard InChI is InChI=1S/C25H51N3O2/c1-4-5-6-7-8-9-10-11-12-13-14-15-16-17-21-26-24(29)19-18-20-25(30)27-22-23-28(2)3/h4-23H2,1-3H3,(H,26,29)(H,27,30). The van der Waals surface area contributed by atoms with Gasteiger partial charge in [-0.1, -0.05) is 90.4 Å². The summed E-state index contributed by atoms with van der Waals surface area (Å²) in [5, 5.41) is 5.86. The third-order valence-electron chi connectivity index (χ3n) is 5.54. The van der Waals surface area contributed by atoms with Crippen LogP contribution in [0.4, 0.5) is 0 Å². The summed E-state index contributed by atoms with van der Waals surface area (Å²) >= 11 is 0. The Morgan fingerprint density at radius 2 is 0.967 bits per heavy atom. The van der Waals surface area contributed by atoms with Gasteiger partial charge in [0.15, 0.2) is 0 Å². The van der Waals surface area contributed by atoms with Crippen molar-refractivity contribution in [1.82, 2.24) is 15.5 Å². The molecule has 0 saturated heterocycles. The van der Waals surface area contributed by atoms with E-state index in [1.165, 1.54) is 83.5 Å². The fraction of sp³-hybridized carbons (Fsp3) is 0.920. The number of rotatable bonds is 22. The Morgan fingerprint density at radius 3 is 1.40 bits per heavy atom. The van der Waals surface area contributed by atoms with E-state index in [0.29, 0.717) is 25.8 Å². The number of amides is 2. The van der Waals surface area contributed by atoms with Crippen molar-refractivity contribution in [3.8, 4) is 0 Å². The zero-order valence-corrected chi connectivity index (χ0v) is 20.4. The van der Waals surface area contributed by atoms with Gasteiger partial charge in [0.1, 0.15) is 0 Å². The smallest absolute Gasteiger partial charge is 0.220 e. The van der Waals surface area contributed by atoms with Crippen LogP contribution >= 0.6 is 0 Å². The number of carbonyl (C=O) groups excluding carboxylic acids is 2. The summed E-state index contributed by atoms with van der Waals surface area (Å²) < 4.78 is 0. The minimum atomic E-state index is 0.0385. The Morgan fingerprint density at radius 1 is 0.567 bits per heavy atom. The maximum absolute atomic E-state index is 11.8. The van der Waals surface area contributed by atoms with Crippen molar-refractivity contribution in [2.75, 3.05) is 33.7 Å². The lowest BCUT2D eigenvalue weighted by atomic mass is 10.0. The van der Waals surface area contributed by atoms with E-state index in [0.717, 1.165) is 19.5 Å². The predicted molar refractivity (Wildman–Crippen MR) is 129 cm³/mol. The molecule has 178 valence electrons. The quantitative estimate of drug-likeness (QED) is 0.227. The largest absolute Gasteiger partial charge is 0.356 e. The van der Waals surface area contributed by atoms with Gasteiger partial charge in [-0.3, -0.25) is 9.59 Å². The molecule has 0 aliphatic carbocycles. The molecular weight excluding hydrogens is 374 g/mol. The molecule has 30 heavy (non-hydrogen) atoms.